The van der Waals surface area contributed by atoms with Gasteiger partial charge in [0.2, 0.25) is 0 Å². The lowest BCUT2D eigenvalue weighted by Gasteiger charge is -2.10. The van der Waals surface area contributed by atoms with Crippen LogP contribution in [-0.2, 0) is 10.9 Å². The first-order valence-corrected chi connectivity index (χ1v) is 11.7. The number of alkyl halides is 3. The van der Waals surface area contributed by atoms with Crippen molar-refractivity contribution in [3.63, 3.8) is 0 Å². The van der Waals surface area contributed by atoms with E-state index in [1.807, 2.05) is 0 Å². The third-order valence-electron chi connectivity index (χ3n) is 5.81. The van der Waals surface area contributed by atoms with Crippen molar-refractivity contribution >= 4 is 17.7 Å². The van der Waals surface area contributed by atoms with Crippen LogP contribution in [0.2, 0.25) is 0 Å². The molecule has 3 aromatic heterocycles. The van der Waals surface area contributed by atoms with Gasteiger partial charge in [-0.3, -0.25) is 9.78 Å². The Hall–Kier alpha value is -5.39. The van der Waals surface area contributed by atoms with Gasteiger partial charge >= 0.3 is 12.1 Å². The molecule has 0 fully saturated rings. The number of carbonyl (C=O) groups is 2. The average molecular weight is 544 g/mol. The van der Waals surface area contributed by atoms with Crippen LogP contribution < -0.4 is 5.32 Å². The highest BCUT2D eigenvalue weighted by atomic mass is 19.4. The molecule has 0 radical (unpaired) electrons. The number of pyridine rings is 1. The number of hydrogen-bond acceptors (Lipinski definition) is 7. The van der Waals surface area contributed by atoms with E-state index < -0.39 is 23.7 Å². The van der Waals surface area contributed by atoms with Gasteiger partial charge in [0, 0.05) is 23.5 Å². The van der Waals surface area contributed by atoms with Crippen LogP contribution in [0, 0.1) is 0 Å². The molecule has 0 unspecified atom stereocenters. The zero-order valence-corrected chi connectivity index (χ0v) is 20.8. The van der Waals surface area contributed by atoms with Crippen molar-refractivity contribution in [2.45, 2.75) is 6.18 Å². The van der Waals surface area contributed by atoms with Crippen LogP contribution in [0.4, 0.5) is 19.0 Å². The lowest BCUT2D eigenvalue weighted by Crippen LogP contribution is -2.16. The van der Waals surface area contributed by atoms with E-state index in [0.717, 1.165) is 6.07 Å². The Balaban J connectivity index is 1.37. The molecular weight excluding hydrogens is 525 g/mol. The van der Waals surface area contributed by atoms with Crippen molar-refractivity contribution in [3.05, 3.63) is 108 Å². The van der Waals surface area contributed by atoms with Crippen LogP contribution in [0.15, 0.2) is 91.3 Å². The highest BCUT2D eigenvalue weighted by Crippen LogP contribution is 2.33. The number of anilines is 1. The molecule has 0 saturated heterocycles. The number of aromatic nitrogens is 5. The van der Waals surface area contributed by atoms with Crippen molar-refractivity contribution in [2.24, 2.45) is 0 Å². The summed E-state index contributed by atoms with van der Waals surface area (Å²) in [7, 11) is 1.29. The van der Waals surface area contributed by atoms with Gasteiger partial charge in [0.15, 0.2) is 17.3 Å². The number of methoxy groups -OCH3 is 1. The minimum Gasteiger partial charge on any atom is -0.465 e. The summed E-state index contributed by atoms with van der Waals surface area (Å²) >= 11 is 0. The molecule has 3 heterocycles. The van der Waals surface area contributed by atoms with E-state index in [0.29, 0.717) is 32.5 Å². The summed E-state index contributed by atoms with van der Waals surface area (Å²) in [5, 5.41) is 14.4. The summed E-state index contributed by atoms with van der Waals surface area (Å²) < 4.78 is 46.6. The molecule has 0 spiro atoms. The standard InChI is InChI=1S/C28H19F3N6O3/c1-40-27(39)20-8-3-6-18(14-20)17-5-2-7-19(13-17)26(38)33-24-10-11-25(35-34-24)37-23(28(29,30)31)15-22(36-37)21-9-4-12-32-16-21/h2-16H,1H3,(H,33,34,38). The summed E-state index contributed by atoms with van der Waals surface area (Å²) in [4.78, 5) is 28.7. The maximum absolute atomic E-state index is 13.7. The van der Waals surface area contributed by atoms with Crippen molar-refractivity contribution < 1.29 is 27.5 Å². The van der Waals surface area contributed by atoms with Gasteiger partial charge < -0.3 is 10.1 Å². The van der Waals surface area contributed by atoms with Gasteiger partial charge in [0.1, 0.15) is 0 Å². The summed E-state index contributed by atoms with van der Waals surface area (Å²) in [5.41, 5.74) is 1.47. The molecule has 0 bridgehead atoms. The summed E-state index contributed by atoms with van der Waals surface area (Å²) in [6, 6.07) is 20.1. The van der Waals surface area contributed by atoms with Crippen LogP contribution in [0.3, 0.4) is 0 Å². The van der Waals surface area contributed by atoms with Crippen LogP contribution in [0.1, 0.15) is 26.4 Å². The van der Waals surface area contributed by atoms with E-state index >= 15 is 0 Å². The van der Waals surface area contributed by atoms with Crippen LogP contribution in [0.5, 0.6) is 0 Å². The molecular formula is C28H19F3N6O3. The number of esters is 1. The topological polar surface area (TPSA) is 112 Å². The molecule has 5 aromatic rings. The van der Waals surface area contributed by atoms with Crippen molar-refractivity contribution in [3.8, 4) is 28.2 Å². The van der Waals surface area contributed by atoms with Gasteiger partial charge in [0.25, 0.3) is 5.91 Å². The fourth-order valence-corrected chi connectivity index (χ4v) is 3.89. The predicted molar refractivity (Wildman–Crippen MR) is 139 cm³/mol. The lowest BCUT2D eigenvalue weighted by atomic mass is 10.0. The second kappa shape index (κ2) is 10.8. The smallest absolute Gasteiger partial charge is 0.433 e. The monoisotopic (exact) mass is 544 g/mol. The Kier molecular flexibility index (Phi) is 7.06. The minimum absolute atomic E-state index is 0.0278. The fraction of sp³-hybridized carbons (Fsp3) is 0.0714. The summed E-state index contributed by atoms with van der Waals surface area (Å²) in [6.45, 7) is 0. The SMILES string of the molecule is COC(=O)c1cccc(-c2cccc(C(=O)Nc3ccc(-n4nc(-c5cccnc5)cc4C(F)(F)F)nn3)c2)c1. The first kappa shape index (κ1) is 26.2. The molecule has 5 rings (SSSR count). The first-order chi connectivity index (χ1) is 19.2. The normalized spacial score (nSPS) is 11.2. The quantitative estimate of drug-likeness (QED) is 0.283. The van der Waals surface area contributed by atoms with Gasteiger partial charge in [-0.15, -0.1) is 10.2 Å². The molecule has 40 heavy (non-hydrogen) atoms. The maximum Gasteiger partial charge on any atom is 0.433 e. The maximum atomic E-state index is 13.7. The number of nitrogens with one attached hydrogen (secondary N) is 1. The zero-order valence-electron chi connectivity index (χ0n) is 20.8. The largest absolute Gasteiger partial charge is 0.465 e. The van der Waals surface area contributed by atoms with Gasteiger partial charge in [-0.05, 0) is 65.7 Å². The van der Waals surface area contributed by atoms with Gasteiger partial charge in [0.05, 0.1) is 18.4 Å². The van der Waals surface area contributed by atoms with Crippen molar-refractivity contribution in [2.75, 3.05) is 12.4 Å². The second-order valence-electron chi connectivity index (χ2n) is 8.45. The first-order valence-electron chi connectivity index (χ1n) is 11.7. The molecule has 0 aliphatic heterocycles. The average Bonchev–Trinajstić information content (AvgIpc) is 3.44. The number of amides is 1. The van der Waals surface area contributed by atoms with E-state index in [4.69, 9.17) is 4.74 Å². The summed E-state index contributed by atoms with van der Waals surface area (Å²) in [5.74, 6) is -1.15. The lowest BCUT2D eigenvalue weighted by molar-refractivity contribution is -0.142. The fourth-order valence-electron chi connectivity index (χ4n) is 3.89. The van der Waals surface area contributed by atoms with Crippen LogP contribution >= 0.6 is 0 Å². The molecule has 1 N–H and O–H groups in total. The molecule has 1 amide bonds. The Morgan fingerprint density at radius 3 is 2.17 bits per heavy atom. The molecule has 0 atom stereocenters. The van der Waals surface area contributed by atoms with E-state index in [9.17, 15) is 22.8 Å². The van der Waals surface area contributed by atoms with Gasteiger partial charge in [-0.2, -0.15) is 18.3 Å². The molecule has 0 saturated carbocycles. The Morgan fingerprint density at radius 2 is 1.55 bits per heavy atom. The third kappa shape index (κ3) is 5.55. The third-order valence-corrected chi connectivity index (χ3v) is 5.81. The number of hydrogen-bond donors (Lipinski definition) is 1. The van der Waals surface area contributed by atoms with E-state index in [-0.39, 0.29) is 17.3 Å². The van der Waals surface area contributed by atoms with Crippen LogP contribution in [0.25, 0.3) is 28.2 Å². The zero-order chi connectivity index (χ0) is 28.3. The second-order valence-corrected chi connectivity index (χ2v) is 8.45. The van der Waals surface area contributed by atoms with E-state index in [2.05, 4.69) is 25.6 Å². The predicted octanol–water partition coefficient (Wildman–Crippen LogP) is 5.45. The van der Waals surface area contributed by atoms with Crippen molar-refractivity contribution in [1.82, 2.24) is 25.0 Å². The number of benzene rings is 2. The Morgan fingerprint density at radius 1 is 0.850 bits per heavy atom. The molecule has 0 aliphatic carbocycles. The number of ether oxygens (including phenoxy) is 1. The van der Waals surface area contributed by atoms with E-state index in [1.54, 1.807) is 60.7 Å². The van der Waals surface area contributed by atoms with Gasteiger partial charge in [-0.25, -0.2) is 9.48 Å². The number of carbonyl (C=O) groups excluding carboxylic acids is 2. The molecule has 9 nitrogen and oxygen atoms in total. The Bertz CT molecular complexity index is 1690. The molecule has 12 heteroatoms. The molecule has 2 aromatic carbocycles. The van der Waals surface area contributed by atoms with Crippen LogP contribution in [-0.4, -0.2) is 43.9 Å². The number of nitrogens with zero attached hydrogens (tertiary/aromatic N) is 5. The van der Waals surface area contributed by atoms with Crippen molar-refractivity contribution in [1.29, 1.82) is 0 Å². The summed E-state index contributed by atoms with van der Waals surface area (Å²) in [6.07, 6.45) is -1.80. The van der Waals surface area contributed by atoms with Gasteiger partial charge in [-0.1, -0.05) is 24.3 Å². The highest BCUT2D eigenvalue weighted by molar-refractivity contribution is 6.04. The van der Waals surface area contributed by atoms with E-state index in [1.165, 1.54) is 31.6 Å². The number of halogens is 3. The highest BCUT2D eigenvalue weighted by Gasteiger charge is 2.37. The number of rotatable bonds is 6. The minimum atomic E-state index is -4.70. The molecule has 200 valence electrons. The Labute approximate surface area is 225 Å². The molecule has 0 aliphatic rings.